The summed E-state index contributed by atoms with van der Waals surface area (Å²) < 4.78 is 9.73. The number of nitrogens with one attached hydrogen (secondary N) is 1. The number of benzene rings is 1. The van der Waals surface area contributed by atoms with E-state index >= 15 is 0 Å². The van der Waals surface area contributed by atoms with Crippen LogP contribution in [0.3, 0.4) is 0 Å². The van der Waals surface area contributed by atoms with Gasteiger partial charge in [0.1, 0.15) is 11.8 Å². The van der Waals surface area contributed by atoms with Crippen LogP contribution >= 0.6 is 11.8 Å². The van der Waals surface area contributed by atoms with Gasteiger partial charge >= 0.3 is 0 Å². The number of anilines is 2. The summed E-state index contributed by atoms with van der Waals surface area (Å²) in [6.07, 6.45) is 9.06. The predicted molar refractivity (Wildman–Crippen MR) is 135 cm³/mol. The van der Waals surface area contributed by atoms with Gasteiger partial charge in [-0.2, -0.15) is 10.1 Å². The van der Waals surface area contributed by atoms with Crippen LogP contribution in [0.15, 0.2) is 28.5 Å². The molecule has 0 fully saturated rings. The maximum absolute atomic E-state index is 6.05. The molecule has 0 atom stereocenters. The molecule has 0 spiro atoms. The third-order valence-corrected chi connectivity index (χ3v) is 8.94. The van der Waals surface area contributed by atoms with Gasteiger partial charge in [0.15, 0.2) is 0 Å². The van der Waals surface area contributed by atoms with Gasteiger partial charge < -0.3 is 10.1 Å². The fourth-order valence-corrected chi connectivity index (χ4v) is 6.21. The number of hydrogen-bond donors (Lipinski definition) is 1. The summed E-state index contributed by atoms with van der Waals surface area (Å²) in [5, 5.41) is 14.5. The van der Waals surface area contributed by atoms with Crippen molar-refractivity contribution >= 4 is 31.5 Å². The molecule has 5 rings (SSSR count). The highest BCUT2D eigenvalue weighted by atomic mass is 32.2. The average Bonchev–Trinajstić information content (AvgIpc) is 3.53. The lowest BCUT2D eigenvalue weighted by atomic mass is 9.99. The Morgan fingerprint density at radius 2 is 1.79 bits per heavy atom. The number of aryl methyl sites for hydroxylation is 3. The Balaban J connectivity index is 1.42. The smallest absolute Gasteiger partial charge is 0.228 e. The van der Waals surface area contributed by atoms with Gasteiger partial charge in [-0.3, -0.25) is 4.68 Å². The normalized spacial score (nSPS) is 15.2. The van der Waals surface area contributed by atoms with Crippen LogP contribution in [0.2, 0.25) is 25.7 Å². The molecule has 2 aliphatic rings. The first-order valence-corrected chi connectivity index (χ1v) is 16.5. The molecular formula is C24H34N6OSSi. The highest BCUT2D eigenvalue weighted by Crippen LogP contribution is 2.40. The lowest BCUT2D eigenvalue weighted by Crippen LogP contribution is -2.22. The molecule has 0 radical (unpaired) electrons. The van der Waals surface area contributed by atoms with E-state index < -0.39 is 8.07 Å². The Bertz CT molecular complexity index is 1120. The fraction of sp³-hybridized carbons (Fsp3) is 0.542. The fourth-order valence-electron chi connectivity index (χ4n) is 4.70. The van der Waals surface area contributed by atoms with E-state index in [1.165, 1.54) is 65.4 Å². The highest BCUT2D eigenvalue weighted by Gasteiger charge is 2.25. The molecule has 0 saturated carbocycles. The van der Waals surface area contributed by atoms with Crippen LogP contribution in [-0.4, -0.2) is 39.2 Å². The summed E-state index contributed by atoms with van der Waals surface area (Å²) in [5.41, 5.74) is 7.26. The topological polar surface area (TPSA) is 69.8 Å². The first-order chi connectivity index (χ1) is 15.9. The molecule has 0 saturated heterocycles. The van der Waals surface area contributed by atoms with E-state index in [0.717, 1.165) is 36.5 Å². The average molecular weight is 483 g/mol. The van der Waals surface area contributed by atoms with Crippen LogP contribution in [0.1, 0.15) is 35.1 Å². The molecule has 2 aliphatic carbocycles. The summed E-state index contributed by atoms with van der Waals surface area (Å²) in [7, 11) is 0.785. The van der Waals surface area contributed by atoms with Crippen LogP contribution in [-0.2, 0) is 44.2 Å². The van der Waals surface area contributed by atoms with Crippen molar-refractivity contribution in [2.45, 2.75) is 81.1 Å². The summed E-state index contributed by atoms with van der Waals surface area (Å²) in [5.74, 6) is 0.760. The molecular weight excluding hydrogens is 448 g/mol. The largest absolute Gasteiger partial charge is 0.359 e. The quantitative estimate of drug-likeness (QED) is 0.334. The summed E-state index contributed by atoms with van der Waals surface area (Å²) >= 11 is 1.48. The molecule has 0 aliphatic heterocycles. The number of hydrogen-bond acceptors (Lipinski definition) is 6. The van der Waals surface area contributed by atoms with Crippen LogP contribution < -0.4 is 5.32 Å². The third kappa shape index (κ3) is 5.20. The lowest BCUT2D eigenvalue weighted by molar-refractivity contribution is 0.0792. The summed E-state index contributed by atoms with van der Waals surface area (Å²) in [6, 6.07) is 5.59. The van der Waals surface area contributed by atoms with Gasteiger partial charge in [0, 0.05) is 33.6 Å². The number of nitrogens with zero attached hydrogens (tertiary/aromatic N) is 5. The van der Waals surface area contributed by atoms with E-state index in [1.807, 2.05) is 24.0 Å². The Hall–Kier alpha value is -2.10. The van der Waals surface area contributed by atoms with Crippen molar-refractivity contribution < 1.29 is 4.74 Å². The molecule has 3 aromatic rings. The van der Waals surface area contributed by atoms with Crippen LogP contribution in [0, 0.1) is 0 Å². The maximum atomic E-state index is 6.05. The number of ether oxygens (including phenoxy) is 1. The molecule has 2 heterocycles. The van der Waals surface area contributed by atoms with Crippen LogP contribution in [0.25, 0.3) is 0 Å². The molecule has 176 valence electrons. The second kappa shape index (κ2) is 9.27. The number of rotatable bonds is 9. The maximum Gasteiger partial charge on any atom is 0.228 e. The summed E-state index contributed by atoms with van der Waals surface area (Å²) in [6.45, 7) is 8.28. The first kappa shape index (κ1) is 22.7. The van der Waals surface area contributed by atoms with Gasteiger partial charge in [0.25, 0.3) is 0 Å². The van der Waals surface area contributed by atoms with Crippen molar-refractivity contribution in [2.24, 2.45) is 7.05 Å². The van der Waals surface area contributed by atoms with E-state index in [0.29, 0.717) is 11.9 Å². The molecule has 9 heteroatoms. The summed E-state index contributed by atoms with van der Waals surface area (Å²) in [4.78, 5) is 4.87. The first-order valence-electron chi connectivity index (χ1n) is 12.0. The van der Waals surface area contributed by atoms with Gasteiger partial charge in [0.2, 0.25) is 11.1 Å². The zero-order valence-corrected chi connectivity index (χ0v) is 22.0. The van der Waals surface area contributed by atoms with Crippen molar-refractivity contribution in [1.29, 1.82) is 0 Å². The van der Waals surface area contributed by atoms with Crippen molar-refractivity contribution in [3.63, 3.8) is 0 Å². The minimum Gasteiger partial charge on any atom is -0.359 e. The minimum atomic E-state index is -1.14. The molecule has 7 nitrogen and oxygen atoms in total. The van der Waals surface area contributed by atoms with Crippen molar-refractivity contribution in [1.82, 2.24) is 24.5 Å². The van der Waals surface area contributed by atoms with Crippen LogP contribution in [0.4, 0.5) is 11.6 Å². The number of aromatic nitrogens is 5. The second-order valence-electron chi connectivity index (χ2n) is 10.4. The van der Waals surface area contributed by atoms with E-state index in [4.69, 9.17) is 14.8 Å². The standard InChI is InChI=1S/C24H34N6OSSi/c1-29-12-11-21(27-29)32-24-26-23(30(28-24)16-31-13-14-33(2,3)4)25-22-19-9-5-7-17(19)15-18-8-6-10-20(18)22/h11-12,15H,5-10,13-14,16H2,1-4H3,(H,25,26,28). The second-order valence-corrected chi connectivity index (χ2v) is 17.0. The van der Waals surface area contributed by atoms with Crippen molar-refractivity contribution in [3.8, 4) is 0 Å². The molecule has 33 heavy (non-hydrogen) atoms. The van der Waals surface area contributed by atoms with Gasteiger partial charge in [-0.1, -0.05) is 25.7 Å². The third-order valence-electron chi connectivity index (χ3n) is 6.46. The Kier molecular flexibility index (Phi) is 6.37. The van der Waals surface area contributed by atoms with E-state index in [-0.39, 0.29) is 0 Å². The lowest BCUT2D eigenvalue weighted by Gasteiger charge is -2.18. The van der Waals surface area contributed by atoms with E-state index in [1.54, 1.807) is 4.68 Å². The minimum absolute atomic E-state index is 0.403. The van der Waals surface area contributed by atoms with E-state index in [9.17, 15) is 0 Å². The molecule has 0 unspecified atom stereocenters. The van der Waals surface area contributed by atoms with Crippen molar-refractivity contribution in [2.75, 3.05) is 11.9 Å². The predicted octanol–water partition coefficient (Wildman–Crippen LogP) is 5.20. The molecule has 0 bridgehead atoms. The zero-order chi connectivity index (χ0) is 23.0. The molecule has 1 N–H and O–H groups in total. The highest BCUT2D eigenvalue weighted by molar-refractivity contribution is 7.99. The Morgan fingerprint density at radius 1 is 1.06 bits per heavy atom. The van der Waals surface area contributed by atoms with Gasteiger partial charge in [-0.15, -0.1) is 5.10 Å². The Labute approximate surface area is 201 Å². The Morgan fingerprint density at radius 3 is 2.42 bits per heavy atom. The van der Waals surface area contributed by atoms with Gasteiger partial charge in [0.05, 0.1) is 0 Å². The van der Waals surface area contributed by atoms with Gasteiger partial charge in [-0.25, -0.2) is 4.68 Å². The van der Waals surface area contributed by atoms with Gasteiger partial charge in [-0.05, 0) is 84.7 Å². The number of fused-ring (bicyclic) bond motifs is 2. The molecule has 2 aromatic heterocycles. The molecule has 1 aromatic carbocycles. The molecule has 0 amide bonds. The van der Waals surface area contributed by atoms with Crippen molar-refractivity contribution in [3.05, 3.63) is 40.6 Å². The zero-order valence-electron chi connectivity index (χ0n) is 20.1. The SMILES string of the molecule is Cn1ccc(Sc2nc(Nc3c4c(cc5c3CCC5)CCC4)n(COCC[Si](C)(C)C)n2)n1. The van der Waals surface area contributed by atoms with E-state index in [2.05, 4.69) is 36.1 Å². The van der Waals surface area contributed by atoms with Crippen LogP contribution in [0.5, 0.6) is 0 Å². The monoisotopic (exact) mass is 482 g/mol.